The number of ether oxygens (including phenoxy) is 1. The number of amides is 3. The Bertz CT molecular complexity index is 2410. The van der Waals surface area contributed by atoms with Crippen LogP contribution < -0.4 is 35.4 Å². The number of piperidine rings is 3. The number of likely N-dealkylation sites (tertiary alicyclic amines) is 1. The maximum absolute atomic E-state index is 15.6. The second-order valence-corrected chi connectivity index (χ2v) is 18.1. The van der Waals surface area contributed by atoms with Crippen LogP contribution in [-0.4, -0.2) is 119 Å². The summed E-state index contributed by atoms with van der Waals surface area (Å²) in [6.45, 7) is 4.23. The number of imide groups is 1. The molecule has 6 aliphatic rings. The standard InChI is InChI=1S/C47H54FN9O6/c48-35-11-10-32(24-40(35)57-29-8-9-30(57)28-55(27-29)41-25-36(51-52-45(41)49)33-4-1-2-7-42(33)58)63-31-14-19-54(20-15-31)44(60)26-47(62)17-22-53(23-18-47)37-5-3-6-38-34(37)16-21-56(38)39-12-13-43(59)50-46(39)61/h1-7,10-11,24-25,29-31,39,58,62H,8-9,12-23,26-28H2,(H2,49,52)(H,50,59,61)/t29-,30+,39-/m1/s1. The van der Waals surface area contributed by atoms with Crippen LogP contribution in [0.3, 0.4) is 0 Å². The van der Waals surface area contributed by atoms with E-state index in [1.807, 2.05) is 35.2 Å². The third-order valence-electron chi connectivity index (χ3n) is 14.2. The van der Waals surface area contributed by atoms with Gasteiger partial charge in [0.15, 0.2) is 5.82 Å². The van der Waals surface area contributed by atoms with Crippen molar-refractivity contribution < 1.29 is 33.7 Å². The van der Waals surface area contributed by atoms with Gasteiger partial charge in [-0.15, -0.1) is 10.2 Å². The van der Waals surface area contributed by atoms with Crippen molar-refractivity contribution >= 4 is 46.3 Å². The first-order valence-electron chi connectivity index (χ1n) is 22.4. The van der Waals surface area contributed by atoms with Gasteiger partial charge in [0.1, 0.15) is 29.5 Å². The lowest BCUT2D eigenvalue weighted by atomic mass is 9.87. The quantitative estimate of drug-likeness (QED) is 0.174. The van der Waals surface area contributed by atoms with E-state index < -0.39 is 5.60 Å². The summed E-state index contributed by atoms with van der Waals surface area (Å²) >= 11 is 0. The number of phenols is 1. The van der Waals surface area contributed by atoms with E-state index in [1.165, 1.54) is 11.6 Å². The Balaban J connectivity index is 0.721. The molecule has 0 radical (unpaired) electrons. The Morgan fingerprint density at radius 1 is 0.825 bits per heavy atom. The fraction of sp³-hybridized carbons (Fsp3) is 0.468. The molecule has 5 saturated heterocycles. The number of piperazine rings is 1. The maximum Gasteiger partial charge on any atom is 0.249 e. The third kappa shape index (κ3) is 7.93. The second kappa shape index (κ2) is 16.5. The number of anilines is 5. The van der Waals surface area contributed by atoms with Crippen LogP contribution in [0.2, 0.25) is 0 Å². The Kier molecular flexibility index (Phi) is 10.7. The molecule has 330 valence electrons. The largest absolute Gasteiger partial charge is 0.507 e. The molecule has 6 aliphatic heterocycles. The van der Waals surface area contributed by atoms with Gasteiger partial charge in [-0.3, -0.25) is 19.7 Å². The normalized spacial score (nSPS) is 23.5. The zero-order valence-corrected chi connectivity index (χ0v) is 35.3. The van der Waals surface area contributed by atoms with Crippen LogP contribution in [0.5, 0.6) is 11.5 Å². The predicted molar refractivity (Wildman–Crippen MR) is 236 cm³/mol. The van der Waals surface area contributed by atoms with Crippen LogP contribution in [0.25, 0.3) is 11.3 Å². The Labute approximate surface area is 365 Å². The van der Waals surface area contributed by atoms with E-state index in [9.17, 15) is 24.6 Å². The van der Waals surface area contributed by atoms with E-state index in [1.54, 1.807) is 24.3 Å². The maximum atomic E-state index is 15.6. The molecular weight excluding hydrogens is 806 g/mol. The van der Waals surface area contributed by atoms with E-state index in [2.05, 4.69) is 41.2 Å². The summed E-state index contributed by atoms with van der Waals surface area (Å²) in [5.74, 6) is 0.214. The van der Waals surface area contributed by atoms with Crippen LogP contribution >= 0.6 is 0 Å². The van der Waals surface area contributed by atoms with Crippen molar-refractivity contribution in [3.63, 3.8) is 0 Å². The smallest absolute Gasteiger partial charge is 0.249 e. The predicted octanol–water partition coefficient (Wildman–Crippen LogP) is 4.39. The van der Waals surface area contributed by atoms with E-state index >= 15 is 4.39 Å². The molecule has 7 heterocycles. The lowest BCUT2D eigenvalue weighted by molar-refractivity contribution is -0.139. The molecule has 1 aromatic heterocycles. The summed E-state index contributed by atoms with van der Waals surface area (Å²) in [5, 5.41) is 33.0. The summed E-state index contributed by atoms with van der Waals surface area (Å²) < 4.78 is 22.1. The van der Waals surface area contributed by atoms with Gasteiger partial charge in [-0.25, -0.2) is 4.39 Å². The van der Waals surface area contributed by atoms with E-state index in [0.717, 1.165) is 36.3 Å². The van der Waals surface area contributed by atoms with E-state index in [-0.39, 0.29) is 59.9 Å². The summed E-state index contributed by atoms with van der Waals surface area (Å²) in [7, 11) is 0. The summed E-state index contributed by atoms with van der Waals surface area (Å²) in [6.07, 6.45) is 5.59. The first-order chi connectivity index (χ1) is 30.5. The molecule has 0 saturated carbocycles. The number of fused-ring (bicyclic) bond motifs is 3. The Hall–Kier alpha value is -6.16. The van der Waals surface area contributed by atoms with Gasteiger partial charge < -0.3 is 45.2 Å². The highest BCUT2D eigenvalue weighted by Crippen LogP contribution is 2.42. The van der Waals surface area contributed by atoms with Gasteiger partial charge in [0.05, 0.1) is 29.1 Å². The Morgan fingerprint density at radius 3 is 2.32 bits per heavy atom. The minimum absolute atomic E-state index is 0.0443. The second-order valence-electron chi connectivity index (χ2n) is 18.1. The zero-order chi connectivity index (χ0) is 43.4. The van der Waals surface area contributed by atoms with Gasteiger partial charge >= 0.3 is 0 Å². The number of carbonyl (C=O) groups is 3. The molecule has 10 rings (SSSR count). The van der Waals surface area contributed by atoms with Crippen molar-refractivity contribution in [1.82, 2.24) is 20.4 Å². The average molecular weight is 860 g/mol. The number of carbonyl (C=O) groups excluding carboxylic acids is 3. The topological polar surface area (TPSA) is 181 Å². The highest BCUT2D eigenvalue weighted by Gasteiger charge is 2.43. The number of aliphatic hydroxyl groups is 1. The number of aromatic hydroxyl groups is 1. The minimum atomic E-state index is -1.09. The molecular formula is C47H54FN9O6. The molecule has 5 N–H and O–H groups in total. The van der Waals surface area contributed by atoms with Crippen LogP contribution in [0, 0.1) is 5.82 Å². The highest BCUT2D eigenvalue weighted by molar-refractivity contribution is 6.02. The van der Waals surface area contributed by atoms with Crippen molar-refractivity contribution in [2.75, 3.05) is 71.1 Å². The number of phenolic OH excluding ortho intramolecular Hbond substituents is 1. The zero-order valence-electron chi connectivity index (χ0n) is 35.3. The van der Waals surface area contributed by atoms with Crippen molar-refractivity contribution in [1.29, 1.82) is 0 Å². The Morgan fingerprint density at radius 2 is 1.57 bits per heavy atom. The monoisotopic (exact) mass is 859 g/mol. The van der Waals surface area contributed by atoms with Gasteiger partial charge in [-0.05, 0) is 81.0 Å². The molecule has 2 bridgehead atoms. The van der Waals surface area contributed by atoms with E-state index in [0.29, 0.717) is 113 Å². The number of benzene rings is 3. The van der Waals surface area contributed by atoms with Crippen molar-refractivity contribution in [2.24, 2.45) is 0 Å². The molecule has 63 heavy (non-hydrogen) atoms. The first-order valence-corrected chi connectivity index (χ1v) is 22.4. The third-order valence-corrected chi connectivity index (χ3v) is 14.2. The molecule has 3 atom stereocenters. The lowest BCUT2D eigenvalue weighted by Gasteiger charge is -2.43. The fourth-order valence-electron chi connectivity index (χ4n) is 10.9. The SMILES string of the molecule is Nc1nnc(-c2ccccc2O)cc1N1C[C@H]2CC[C@@H](C1)N2c1cc(OC2CCN(C(=O)CC3(O)CCN(c4cccc5c4CCN5[C@@H]4CCC(=O)NC4=O)CC3)CC2)ccc1F. The van der Waals surface area contributed by atoms with Crippen LogP contribution in [0.15, 0.2) is 66.7 Å². The minimum Gasteiger partial charge on any atom is -0.507 e. The molecule has 15 nitrogen and oxygen atoms in total. The van der Waals surface area contributed by atoms with Crippen molar-refractivity contribution in [2.45, 2.75) is 94.0 Å². The molecule has 16 heteroatoms. The van der Waals surface area contributed by atoms with Gasteiger partial charge in [0.25, 0.3) is 0 Å². The number of halogens is 1. The summed E-state index contributed by atoms with van der Waals surface area (Å²) in [4.78, 5) is 48.6. The van der Waals surface area contributed by atoms with Crippen molar-refractivity contribution in [3.8, 4) is 22.8 Å². The highest BCUT2D eigenvalue weighted by atomic mass is 19.1. The number of hydrogen-bond acceptors (Lipinski definition) is 13. The van der Waals surface area contributed by atoms with Crippen molar-refractivity contribution in [3.05, 3.63) is 78.1 Å². The van der Waals surface area contributed by atoms with Gasteiger partial charge in [-0.1, -0.05) is 18.2 Å². The fourth-order valence-corrected chi connectivity index (χ4v) is 10.9. The number of nitrogens with two attached hydrogens (primary N) is 1. The first kappa shape index (κ1) is 40.9. The number of rotatable bonds is 9. The van der Waals surface area contributed by atoms with Crippen LogP contribution in [-0.2, 0) is 20.8 Å². The van der Waals surface area contributed by atoms with Gasteiger partial charge in [0.2, 0.25) is 17.7 Å². The number of aromatic nitrogens is 2. The van der Waals surface area contributed by atoms with Gasteiger partial charge in [-0.2, -0.15) is 0 Å². The lowest BCUT2D eigenvalue weighted by Crippen LogP contribution is -2.54. The summed E-state index contributed by atoms with van der Waals surface area (Å²) in [5.41, 5.74) is 10.9. The number of hydrogen-bond donors (Lipinski definition) is 4. The van der Waals surface area contributed by atoms with Gasteiger partial charge in [0, 0.05) is 106 Å². The molecule has 4 aromatic rings. The number of nitrogen functional groups attached to an aromatic ring is 1. The molecule has 0 unspecified atom stereocenters. The number of para-hydroxylation sites is 1. The molecule has 5 fully saturated rings. The molecule has 3 amide bonds. The summed E-state index contributed by atoms with van der Waals surface area (Å²) in [6, 6.07) is 19.7. The number of nitrogens with zero attached hydrogens (tertiary/aromatic N) is 7. The molecule has 0 aliphatic carbocycles. The average Bonchev–Trinajstić information content (AvgIpc) is 3.82. The number of nitrogens with one attached hydrogen (secondary N) is 1. The molecule has 3 aromatic carbocycles. The molecule has 0 spiro atoms. The van der Waals surface area contributed by atoms with Crippen LogP contribution in [0.4, 0.5) is 33.0 Å². The van der Waals surface area contributed by atoms with Crippen LogP contribution in [0.1, 0.15) is 63.4 Å². The van der Waals surface area contributed by atoms with E-state index in [4.69, 9.17) is 10.5 Å².